The van der Waals surface area contributed by atoms with Crippen LogP contribution in [0.3, 0.4) is 0 Å². The van der Waals surface area contributed by atoms with Crippen LogP contribution in [0.4, 0.5) is 5.69 Å². The van der Waals surface area contributed by atoms with Crippen LogP contribution in [0.5, 0.6) is 0 Å². The Bertz CT molecular complexity index is 561. The van der Waals surface area contributed by atoms with E-state index in [1.165, 1.54) is 4.90 Å². The molecule has 22 heavy (non-hydrogen) atoms. The van der Waals surface area contributed by atoms with Crippen LogP contribution in [0.25, 0.3) is 0 Å². The zero-order chi connectivity index (χ0) is 15.6. The number of aliphatic hydroxyl groups is 1. The monoisotopic (exact) mass is 300 g/mol. The van der Waals surface area contributed by atoms with Crippen molar-refractivity contribution in [3.63, 3.8) is 0 Å². The molecule has 0 aromatic heterocycles. The predicted molar refractivity (Wildman–Crippen MR) is 80.9 cm³/mol. The Labute approximate surface area is 139 Å². The fourth-order valence-corrected chi connectivity index (χ4v) is 2.32. The van der Waals surface area contributed by atoms with Crippen molar-refractivity contribution in [2.24, 2.45) is 0 Å². The number of aryl methyl sites for hydroxylation is 1. The van der Waals surface area contributed by atoms with Gasteiger partial charge >= 0.3 is 24.8 Å². The first-order chi connectivity index (χ1) is 9.95. The van der Waals surface area contributed by atoms with Gasteiger partial charge in [-0.05, 0) is 19.1 Å². The molecule has 1 aromatic carbocycles. The molecular formula is C14H17LiN2O5. The van der Waals surface area contributed by atoms with E-state index in [1.807, 2.05) is 19.1 Å². The average molecular weight is 300 g/mol. The second kappa shape index (κ2) is 7.45. The van der Waals surface area contributed by atoms with Gasteiger partial charge in [-0.2, -0.15) is 0 Å². The van der Waals surface area contributed by atoms with Crippen LogP contribution < -0.4 is 4.90 Å². The Balaban J connectivity index is 0.00000242. The number of rotatable bonds is 4. The summed E-state index contributed by atoms with van der Waals surface area (Å²) in [5.41, 5.74) is 1.64. The third-order valence-corrected chi connectivity index (χ3v) is 3.49. The summed E-state index contributed by atoms with van der Waals surface area (Å²) < 4.78 is 0. The summed E-state index contributed by atoms with van der Waals surface area (Å²) in [7, 11) is 0. The van der Waals surface area contributed by atoms with Crippen LogP contribution in [0.2, 0.25) is 0 Å². The van der Waals surface area contributed by atoms with Gasteiger partial charge in [0, 0.05) is 18.8 Å². The Morgan fingerprint density at radius 1 is 1.32 bits per heavy atom. The molecule has 2 N–H and O–H groups in total. The quantitative estimate of drug-likeness (QED) is 0.547. The Hall–Kier alpha value is -1.81. The molecule has 1 fully saturated rings. The number of hydrogen-bond acceptors (Lipinski definition) is 4. The molecule has 2 unspecified atom stereocenters. The first-order valence-electron chi connectivity index (χ1n) is 6.45. The second-order valence-corrected chi connectivity index (χ2v) is 4.90. The van der Waals surface area contributed by atoms with Crippen molar-refractivity contribution in [2.45, 2.75) is 19.1 Å². The second-order valence-electron chi connectivity index (χ2n) is 4.90. The van der Waals surface area contributed by atoms with Crippen molar-refractivity contribution in [1.29, 1.82) is 0 Å². The van der Waals surface area contributed by atoms with E-state index in [9.17, 15) is 19.5 Å². The number of hydrogen-bond donors (Lipinski definition) is 2. The Morgan fingerprint density at radius 2 is 1.91 bits per heavy atom. The van der Waals surface area contributed by atoms with Gasteiger partial charge in [0.15, 0.2) is 6.10 Å². The summed E-state index contributed by atoms with van der Waals surface area (Å²) in [5.74, 6) is -2.14. The molecule has 2 atom stereocenters. The number of nitrogens with zero attached hydrogens (tertiary/aromatic N) is 2. The van der Waals surface area contributed by atoms with Gasteiger partial charge < -0.3 is 20.0 Å². The molecule has 7 nitrogen and oxygen atoms in total. The molecule has 1 saturated heterocycles. The minimum absolute atomic E-state index is 0. The van der Waals surface area contributed by atoms with E-state index >= 15 is 0 Å². The van der Waals surface area contributed by atoms with Crippen molar-refractivity contribution < 1.29 is 24.6 Å². The third kappa shape index (κ3) is 3.50. The summed E-state index contributed by atoms with van der Waals surface area (Å²) in [5, 5.41) is 18.6. The number of carboxylic acids is 1. The molecule has 1 aliphatic rings. The number of carboxylic acid groups (broad SMARTS) is 1. The third-order valence-electron chi connectivity index (χ3n) is 3.49. The number of aliphatic carboxylic acids is 1. The molecule has 0 radical (unpaired) electrons. The van der Waals surface area contributed by atoms with Crippen LogP contribution in [0, 0.1) is 6.92 Å². The van der Waals surface area contributed by atoms with Crippen LogP contribution in [-0.2, 0) is 14.4 Å². The molecule has 114 valence electrons. The van der Waals surface area contributed by atoms with E-state index in [1.54, 1.807) is 12.1 Å². The number of amides is 2. The van der Waals surface area contributed by atoms with Gasteiger partial charge in [0.25, 0.3) is 5.91 Å². The number of piperazine rings is 1. The SMILES string of the molecule is Cc1ccc(N2CCN(C=O)C(C(O)C(=O)O)C2=O)cc1.[LiH]. The maximum atomic E-state index is 12.4. The topological polar surface area (TPSA) is 98.2 Å². The summed E-state index contributed by atoms with van der Waals surface area (Å²) in [6, 6.07) is 5.74. The zero-order valence-electron chi connectivity index (χ0n) is 11.5. The Kier molecular flexibility index (Phi) is 6.18. The summed E-state index contributed by atoms with van der Waals surface area (Å²) >= 11 is 0. The molecule has 0 spiro atoms. The summed E-state index contributed by atoms with van der Waals surface area (Å²) in [4.78, 5) is 36.7. The van der Waals surface area contributed by atoms with Gasteiger partial charge in [-0.25, -0.2) is 4.79 Å². The van der Waals surface area contributed by atoms with Gasteiger partial charge in [-0.15, -0.1) is 0 Å². The number of aliphatic hydroxyl groups excluding tert-OH is 1. The van der Waals surface area contributed by atoms with E-state index in [0.29, 0.717) is 12.1 Å². The molecule has 1 aliphatic heterocycles. The normalized spacial score (nSPS) is 19.4. The van der Waals surface area contributed by atoms with Crippen LogP contribution in [0.1, 0.15) is 5.56 Å². The Morgan fingerprint density at radius 3 is 2.41 bits per heavy atom. The van der Waals surface area contributed by atoms with E-state index < -0.39 is 24.0 Å². The maximum absolute atomic E-state index is 12.4. The molecule has 0 aliphatic carbocycles. The molecule has 1 heterocycles. The summed E-state index contributed by atoms with van der Waals surface area (Å²) in [6.45, 7) is 2.33. The van der Waals surface area contributed by atoms with Crippen LogP contribution >= 0.6 is 0 Å². The van der Waals surface area contributed by atoms with Crippen molar-refractivity contribution in [3.05, 3.63) is 29.8 Å². The average Bonchev–Trinajstić information content (AvgIpc) is 2.47. The molecular weight excluding hydrogens is 283 g/mol. The number of carbonyl (C=O) groups is 3. The van der Waals surface area contributed by atoms with Crippen molar-refractivity contribution in [2.75, 3.05) is 18.0 Å². The van der Waals surface area contributed by atoms with Gasteiger partial charge in [0.2, 0.25) is 6.41 Å². The fraction of sp³-hybridized carbons (Fsp3) is 0.357. The van der Waals surface area contributed by atoms with E-state index in [4.69, 9.17) is 5.11 Å². The van der Waals surface area contributed by atoms with Gasteiger partial charge in [-0.3, -0.25) is 9.59 Å². The molecule has 2 rings (SSSR count). The number of anilines is 1. The molecule has 1 aromatic rings. The molecule has 2 amide bonds. The van der Waals surface area contributed by atoms with Crippen LogP contribution in [0.15, 0.2) is 24.3 Å². The van der Waals surface area contributed by atoms with Crippen molar-refractivity contribution >= 4 is 42.8 Å². The number of carbonyl (C=O) groups excluding carboxylic acids is 2. The molecule has 0 bridgehead atoms. The van der Waals surface area contributed by atoms with Gasteiger partial charge in [-0.1, -0.05) is 17.7 Å². The summed E-state index contributed by atoms with van der Waals surface area (Å²) in [6.07, 6.45) is -1.56. The van der Waals surface area contributed by atoms with E-state index in [2.05, 4.69) is 0 Å². The van der Waals surface area contributed by atoms with Crippen molar-refractivity contribution in [1.82, 2.24) is 4.90 Å². The van der Waals surface area contributed by atoms with Crippen LogP contribution in [-0.4, -0.2) is 77.5 Å². The minimum atomic E-state index is -1.95. The molecule has 0 saturated carbocycles. The van der Waals surface area contributed by atoms with Gasteiger partial charge in [0.1, 0.15) is 6.04 Å². The fourth-order valence-electron chi connectivity index (χ4n) is 2.32. The van der Waals surface area contributed by atoms with E-state index in [0.717, 1.165) is 10.5 Å². The predicted octanol–water partition coefficient (Wildman–Crippen LogP) is -1.03. The zero-order valence-corrected chi connectivity index (χ0v) is 11.5. The first-order valence-corrected chi connectivity index (χ1v) is 6.45. The number of benzene rings is 1. The standard InChI is InChI=1S/C14H16N2O5.Li.H/c1-9-2-4-10(5-3-9)16-7-6-15(8-17)11(13(16)19)12(18)14(20)21;;/h2-5,8,11-12,18H,6-7H2,1H3,(H,20,21);;. The molecule has 8 heteroatoms. The first kappa shape index (κ1) is 18.2. The van der Waals surface area contributed by atoms with Crippen molar-refractivity contribution in [3.8, 4) is 0 Å². The van der Waals surface area contributed by atoms with Gasteiger partial charge in [0.05, 0.1) is 0 Å². The van der Waals surface area contributed by atoms with E-state index in [-0.39, 0.29) is 32.0 Å².